The molecule has 3 N–H and O–H groups in total. The maximum Gasteiger partial charge on any atom is 0.238 e. The Bertz CT molecular complexity index is 508. The number of nitrogens with zero attached hydrogens (tertiary/aromatic N) is 1. The first-order valence-corrected chi connectivity index (χ1v) is 7.91. The molecule has 0 saturated carbocycles. The molecule has 4 nitrogen and oxygen atoms in total. The fraction of sp³-hybridized carbons (Fsp3) is 0.562. The summed E-state index contributed by atoms with van der Waals surface area (Å²) in [5.41, 5.74) is 7.83. The molecule has 0 spiro atoms. The molecule has 1 fully saturated rings. The van der Waals surface area contributed by atoms with Crippen LogP contribution in [0.15, 0.2) is 18.2 Å². The molecule has 0 radical (unpaired) electrons. The third kappa shape index (κ3) is 5.13. The highest BCUT2D eigenvalue weighted by Gasteiger charge is 2.26. The molecular formula is C16H25Cl2N3O. The number of nitrogens with two attached hydrogens (primary N) is 1. The molecule has 1 amide bonds. The van der Waals surface area contributed by atoms with E-state index in [1.165, 1.54) is 6.42 Å². The smallest absolute Gasteiger partial charge is 0.238 e. The first kappa shape index (κ1) is 19.2. The molecule has 1 aromatic rings. The van der Waals surface area contributed by atoms with E-state index < -0.39 is 0 Å². The first-order valence-electron chi connectivity index (χ1n) is 7.53. The van der Waals surface area contributed by atoms with Crippen LogP contribution >= 0.6 is 24.0 Å². The fourth-order valence-electron chi connectivity index (χ4n) is 2.91. The molecule has 2 atom stereocenters. The molecular weight excluding hydrogens is 321 g/mol. The summed E-state index contributed by atoms with van der Waals surface area (Å²) >= 11 is 5.98. The van der Waals surface area contributed by atoms with Gasteiger partial charge < -0.3 is 11.1 Å². The lowest BCUT2D eigenvalue weighted by molar-refractivity contribution is -0.118. The molecule has 22 heavy (non-hydrogen) atoms. The highest BCUT2D eigenvalue weighted by Crippen LogP contribution is 2.21. The number of nitrogens with one attached hydrogen (secondary N) is 1. The number of carbonyl (C=O) groups is 1. The van der Waals surface area contributed by atoms with Crippen LogP contribution in [0.1, 0.15) is 31.7 Å². The highest BCUT2D eigenvalue weighted by molar-refractivity contribution is 6.31. The van der Waals surface area contributed by atoms with Crippen molar-refractivity contribution in [3.8, 4) is 0 Å². The van der Waals surface area contributed by atoms with Crippen molar-refractivity contribution < 1.29 is 4.79 Å². The molecule has 0 aromatic heterocycles. The van der Waals surface area contributed by atoms with E-state index in [2.05, 4.69) is 10.2 Å². The summed E-state index contributed by atoms with van der Waals surface area (Å²) in [6, 6.07) is 5.90. The Labute approximate surface area is 143 Å². The monoisotopic (exact) mass is 345 g/mol. The van der Waals surface area contributed by atoms with Gasteiger partial charge in [0.05, 0.1) is 6.54 Å². The van der Waals surface area contributed by atoms with Gasteiger partial charge in [0.2, 0.25) is 5.91 Å². The van der Waals surface area contributed by atoms with Crippen LogP contribution in [0.5, 0.6) is 0 Å². The molecule has 0 bridgehead atoms. The van der Waals surface area contributed by atoms with E-state index in [1.807, 2.05) is 26.0 Å². The number of benzene rings is 1. The van der Waals surface area contributed by atoms with Gasteiger partial charge in [-0.1, -0.05) is 24.1 Å². The van der Waals surface area contributed by atoms with E-state index in [-0.39, 0.29) is 24.4 Å². The zero-order valence-corrected chi connectivity index (χ0v) is 14.7. The SMILES string of the molecule is Cc1ccc(Cl)cc1NC(=O)CN1CCCCC1C(C)N.Cl. The Hall–Kier alpha value is -0.810. The standard InChI is InChI=1S/C16H24ClN3O.ClH/c1-11-6-7-13(17)9-14(11)19-16(21)10-20-8-4-3-5-15(20)12(2)18;/h6-7,9,12,15H,3-5,8,10,18H2,1-2H3,(H,19,21);1H. The summed E-state index contributed by atoms with van der Waals surface area (Å²) in [6.45, 7) is 5.30. The first-order chi connectivity index (χ1) is 9.97. The quantitative estimate of drug-likeness (QED) is 0.880. The van der Waals surface area contributed by atoms with Crippen LogP contribution < -0.4 is 11.1 Å². The third-order valence-corrected chi connectivity index (χ3v) is 4.33. The van der Waals surface area contributed by atoms with Crippen LogP contribution in [0.25, 0.3) is 0 Å². The zero-order chi connectivity index (χ0) is 15.4. The number of hydrogen-bond acceptors (Lipinski definition) is 3. The Morgan fingerprint density at radius 2 is 2.23 bits per heavy atom. The lowest BCUT2D eigenvalue weighted by Gasteiger charge is -2.37. The van der Waals surface area contributed by atoms with Crippen molar-refractivity contribution in [3.63, 3.8) is 0 Å². The molecule has 124 valence electrons. The number of amides is 1. The van der Waals surface area contributed by atoms with Crippen molar-refractivity contribution >= 4 is 35.6 Å². The third-order valence-electron chi connectivity index (χ3n) is 4.09. The van der Waals surface area contributed by atoms with Crippen LogP contribution in [0, 0.1) is 6.92 Å². The average molecular weight is 346 g/mol. The van der Waals surface area contributed by atoms with Gasteiger partial charge in [0.1, 0.15) is 0 Å². The molecule has 1 aromatic carbocycles. The number of anilines is 1. The second-order valence-corrected chi connectivity index (χ2v) is 6.34. The number of piperidine rings is 1. The predicted molar refractivity (Wildman–Crippen MR) is 94.9 cm³/mol. The van der Waals surface area contributed by atoms with Crippen molar-refractivity contribution in [3.05, 3.63) is 28.8 Å². The lowest BCUT2D eigenvalue weighted by Crippen LogP contribution is -2.51. The second-order valence-electron chi connectivity index (χ2n) is 5.90. The van der Waals surface area contributed by atoms with Gasteiger partial charge in [0.25, 0.3) is 0 Å². The van der Waals surface area contributed by atoms with Gasteiger partial charge in [-0.15, -0.1) is 12.4 Å². The Balaban J connectivity index is 0.00000242. The van der Waals surface area contributed by atoms with Gasteiger partial charge in [-0.3, -0.25) is 9.69 Å². The molecule has 2 unspecified atom stereocenters. The van der Waals surface area contributed by atoms with Gasteiger partial charge >= 0.3 is 0 Å². The van der Waals surface area contributed by atoms with E-state index in [9.17, 15) is 4.79 Å². The maximum absolute atomic E-state index is 12.3. The van der Waals surface area contributed by atoms with E-state index >= 15 is 0 Å². The highest BCUT2D eigenvalue weighted by atomic mass is 35.5. The van der Waals surface area contributed by atoms with Crippen LogP contribution in [-0.4, -0.2) is 36.0 Å². The van der Waals surface area contributed by atoms with Gasteiger partial charge in [0, 0.05) is 22.8 Å². The van der Waals surface area contributed by atoms with E-state index in [4.69, 9.17) is 17.3 Å². The van der Waals surface area contributed by atoms with Gasteiger partial charge in [0.15, 0.2) is 0 Å². The van der Waals surface area contributed by atoms with Crippen LogP contribution in [-0.2, 0) is 4.79 Å². The van der Waals surface area contributed by atoms with Crippen molar-refractivity contribution in [1.29, 1.82) is 0 Å². The number of carbonyl (C=O) groups excluding carboxylic acids is 1. The van der Waals surface area contributed by atoms with Crippen molar-refractivity contribution in [2.45, 2.75) is 45.2 Å². The number of aryl methyl sites for hydroxylation is 1. The average Bonchev–Trinajstić information content (AvgIpc) is 2.43. The summed E-state index contributed by atoms with van der Waals surface area (Å²) < 4.78 is 0. The minimum Gasteiger partial charge on any atom is -0.327 e. The molecule has 0 aliphatic carbocycles. The summed E-state index contributed by atoms with van der Waals surface area (Å²) in [5, 5.41) is 3.58. The lowest BCUT2D eigenvalue weighted by atomic mass is 9.97. The van der Waals surface area contributed by atoms with Crippen molar-refractivity contribution in [2.24, 2.45) is 5.73 Å². The van der Waals surface area contributed by atoms with Crippen molar-refractivity contribution in [1.82, 2.24) is 4.90 Å². The van der Waals surface area contributed by atoms with Gasteiger partial charge in [-0.25, -0.2) is 0 Å². The Morgan fingerprint density at radius 3 is 2.91 bits per heavy atom. The molecule has 1 aliphatic rings. The molecule has 6 heteroatoms. The normalized spacial score (nSPS) is 20.1. The van der Waals surface area contributed by atoms with Gasteiger partial charge in [-0.05, 0) is 50.9 Å². The fourth-order valence-corrected chi connectivity index (χ4v) is 3.08. The number of halogens is 2. The van der Waals surface area contributed by atoms with Crippen LogP contribution in [0.2, 0.25) is 5.02 Å². The minimum absolute atomic E-state index is 0. The van der Waals surface area contributed by atoms with Crippen LogP contribution in [0.4, 0.5) is 5.69 Å². The van der Waals surface area contributed by atoms with E-state index in [1.54, 1.807) is 6.07 Å². The second kappa shape index (κ2) is 8.73. The van der Waals surface area contributed by atoms with E-state index in [0.29, 0.717) is 17.6 Å². The van der Waals surface area contributed by atoms with Crippen LogP contribution in [0.3, 0.4) is 0 Å². The summed E-state index contributed by atoms with van der Waals surface area (Å²) in [6.07, 6.45) is 3.39. The summed E-state index contributed by atoms with van der Waals surface area (Å²) in [7, 11) is 0. The number of hydrogen-bond donors (Lipinski definition) is 2. The zero-order valence-electron chi connectivity index (χ0n) is 13.1. The topological polar surface area (TPSA) is 58.4 Å². The van der Waals surface area contributed by atoms with E-state index in [0.717, 1.165) is 30.6 Å². The predicted octanol–water partition coefficient (Wildman–Crippen LogP) is 3.21. The van der Waals surface area contributed by atoms with Crippen molar-refractivity contribution in [2.75, 3.05) is 18.4 Å². The largest absolute Gasteiger partial charge is 0.327 e. The summed E-state index contributed by atoms with van der Waals surface area (Å²) in [5.74, 6) is -0.00656. The number of rotatable bonds is 4. The molecule has 1 saturated heterocycles. The molecule has 1 heterocycles. The number of likely N-dealkylation sites (tertiary alicyclic amines) is 1. The maximum atomic E-state index is 12.3. The summed E-state index contributed by atoms with van der Waals surface area (Å²) in [4.78, 5) is 14.5. The Morgan fingerprint density at radius 1 is 1.50 bits per heavy atom. The Kier molecular flexibility index (Phi) is 7.63. The molecule has 1 aliphatic heterocycles. The van der Waals surface area contributed by atoms with Gasteiger partial charge in [-0.2, -0.15) is 0 Å². The molecule has 2 rings (SSSR count). The minimum atomic E-state index is -0.00656.